The molecule has 4 nitrogen and oxygen atoms in total. The molecule has 1 N–H and O–H groups in total. The van der Waals surface area contributed by atoms with Crippen LogP contribution in [0, 0.1) is 0 Å². The molecule has 0 radical (unpaired) electrons. The molecule has 0 bridgehead atoms. The Labute approximate surface area is 122 Å². The van der Waals surface area contributed by atoms with Crippen LogP contribution in [0.1, 0.15) is 12.3 Å². The number of hydrogen-bond acceptors (Lipinski definition) is 4. The maximum absolute atomic E-state index is 5.84. The number of halogens is 2. The maximum Gasteiger partial charge on any atom is 0.255 e. The van der Waals surface area contributed by atoms with Crippen molar-refractivity contribution in [3.05, 3.63) is 41.3 Å². The van der Waals surface area contributed by atoms with Crippen LogP contribution in [-0.4, -0.2) is 23.2 Å². The molecule has 1 aliphatic rings. The van der Waals surface area contributed by atoms with Gasteiger partial charge >= 0.3 is 0 Å². The fraction of sp³-hybridized carbons (Fsp3) is 0.231. The smallest absolute Gasteiger partial charge is 0.255 e. The molecule has 1 aliphatic heterocycles. The predicted octanol–water partition coefficient (Wildman–Crippen LogP) is 3.19. The first-order valence-electron chi connectivity index (χ1n) is 5.83. The highest BCUT2D eigenvalue weighted by Crippen LogP contribution is 2.21. The Morgan fingerprint density at radius 3 is 2.68 bits per heavy atom. The van der Waals surface area contributed by atoms with Crippen molar-refractivity contribution in [3.63, 3.8) is 0 Å². The molecular weight excluding hydrogens is 285 g/mol. The van der Waals surface area contributed by atoms with E-state index in [1.165, 1.54) is 0 Å². The van der Waals surface area contributed by atoms with Crippen LogP contribution in [0.25, 0.3) is 17.0 Å². The molecular formula is C13H13Cl2N3O. The van der Waals surface area contributed by atoms with Gasteiger partial charge in [-0.3, -0.25) is 0 Å². The largest absolute Gasteiger partial charge is 0.334 e. The van der Waals surface area contributed by atoms with Crippen LogP contribution in [0.4, 0.5) is 0 Å². The van der Waals surface area contributed by atoms with E-state index in [2.05, 4.69) is 21.5 Å². The van der Waals surface area contributed by atoms with E-state index in [-0.39, 0.29) is 12.4 Å². The Balaban J connectivity index is 0.00000133. The van der Waals surface area contributed by atoms with E-state index in [9.17, 15) is 0 Å². The van der Waals surface area contributed by atoms with Crippen LogP contribution in [0.5, 0.6) is 0 Å². The minimum Gasteiger partial charge on any atom is -0.334 e. The van der Waals surface area contributed by atoms with Crippen molar-refractivity contribution in [3.8, 4) is 11.4 Å². The third-order valence-corrected chi connectivity index (χ3v) is 3.08. The monoisotopic (exact) mass is 297 g/mol. The quantitative estimate of drug-likeness (QED) is 0.925. The van der Waals surface area contributed by atoms with Crippen LogP contribution in [0.15, 0.2) is 34.9 Å². The lowest BCUT2D eigenvalue weighted by molar-refractivity contribution is 0.406. The number of hydrogen-bond donors (Lipinski definition) is 1. The van der Waals surface area contributed by atoms with E-state index >= 15 is 0 Å². The summed E-state index contributed by atoms with van der Waals surface area (Å²) in [5, 5.41) is 7.97. The Hall–Kier alpha value is -1.36. The van der Waals surface area contributed by atoms with Gasteiger partial charge in [-0.15, -0.1) is 12.4 Å². The summed E-state index contributed by atoms with van der Waals surface area (Å²) in [5.41, 5.74) is 1.97. The van der Waals surface area contributed by atoms with E-state index in [0.717, 1.165) is 30.6 Å². The average molecular weight is 298 g/mol. The minimum absolute atomic E-state index is 0. The first kappa shape index (κ1) is 14.1. The van der Waals surface area contributed by atoms with Crippen LogP contribution in [0.2, 0.25) is 5.02 Å². The van der Waals surface area contributed by atoms with Crippen molar-refractivity contribution in [2.75, 3.05) is 13.1 Å². The Morgan fingerprint density at radius 2 is 2.00 bits per heavy atom. The molecule has 0 unspecified atom stereocenters. The third kappa shape index (κ3) is 3.15. The molecule has 100 valence electrons. The summed E-state index contributed by atoms with van der Waals surface area (Å²) in [6.07, 6.45) is 3.13. The van der Waals surface area contributed by atoms with Gasteiger partial charge < -0.3 is 9.84 Å². The van der Waals surface area contributed by atoms with Gasteiger partial charge in [-0.25, -0.2) is 0 Å². The summed E-state index contributed by atoms with van der Waals surface area (Å²) < 4.78 is 5.29. The molecule has 3 rings (SSSR count). The van der Waals surface area contributed by atoms with Gasteiger partial charge in [-0.2, -0.15) is 4.98 Å². The fourth-order valence-corrected chi connectivity index (χ4v) is 2.00. The highest BCUT2D eigenvalue weighted by atomic mass is 35.5. The van der Waals surface area contributed by atoms with Gasteiger partial charge in [0, 0.05) is 22.7 Å². The van der Waals surface area contributed by atoms with Crippen molar-refractivity contribution in [1.29, 1.82) is 0 Å². The zero-order valence-electron chi connectivity index (χ0n) is 10.1. The van der Waals surface area contributed by atoms with Gasteiger partial charge in [-0.05, 0) is 37.2 Å². The normalized spacial score (nSPS) is 14.7. The van der Waals surface area contributed by atoms with Crippen molar-refractivity contribution >= 4 is 29.6 Å². The summed E-state index contributed by atoms with van der Waals surface area (Å²) in [7, 11) is 0. The molecule has 1 aromatic heterocycles. The van der Waals surface area contributed by atoms with Gasteiger partial charge in [0.25, 0.3) is 5.89 Å². The zero-order valence-corrected chi connectivity index (χ0v) is 11.7. The lowest BCUT2D eigenvalue weighted by atomic mass is 10.1. The molecule has 0 saturated heterocycles. The second kappa shape index (κ2) is 6.19. The highest BCUT2D eigenvalue weighted by Gasteiger charge is 2.14. The second-order valence-corrected chi connectivity index (χ2v) is 4.56. The first-order chi connectivity index (χ1) is 8.83. The van der Waals surface area contributed by atoms with Crippen LogP contribution >= 0.6 is 24.0 Å². The van der Waals surface area contributed by atoms with Crippen LogP contribution in [0.3, 0.4) is 0 Å². The SMILES string of the molecule is Cl.Clc1ccc(-c2noc(C3=CCCNC3)n2)cc1. The number of aromatic nitrogens is 2. The van der Waals surface area contributed by atoms with Crippen molar-refractivity contribution in [2.45, 2.75) is 6.42 Å². The van der Waals surface area contributed by atoms with Gasteiger partial charge in [0.2, 0.25) is 5.82 Å². The van der Waals surface area contributed by atoms with E-state index in [1.54, 1.807) is 0 Å². The van der Waals surface area contributed by atoms with Gasteiger partial charge in [0.05, 0.1) is 0 Å². The van der Waals surface area contributed by atoms with Crippen molar-refractivity contribution in [1.82, 2.24) is 15.5 Å². The van der Waals surface area contributed by atoms with Crippen molar-refractivity contribution < 1.29 is 4.52 Å². The Morgan fingerprint density at radius 1 is 1.21 bits per heavy atom. The molecule has 0 spiro atoms. The topological polar surface area (TPSA) is 51.0 Å². The van der Waals surface area contributed by atoms with E-state index in [1.807, 2.05) is 24.3 Å². The Kier molecular flexibility index (Phi) is 4.58. The second-order valence-electron chi connectivity index (χ2n) is 4.12. The third-order valence-electron chi connectivity index (χ3n) is 2.83. The molecule has 19 heavy (non-hydrogen) atoms. The number of nitrogens with one attached hydrogen (secondary N) is 1. The lowest BCUT2D eigenvalue weighted by Gasteiger charge is -2.09. The predicted molar refractivity (Wildman–Crippen MR) is 77.5 cm³/mol. The zero-order chi connectivity index (χ0) is 12.4. The maximum atomic E-state index is 5.84. The van der Waals surface area contributed by atoms with Crippen LogP contribution < -0.4 is 5.32 Å². The average Bonchev–Trinajstić information content (AvgIpc) is 2.90. The van der Waals surface area contributed by atoms with Gasteiger partial charge in [0.1, 0.15) is 0 Å². The standard InChI is InChI=1S/C13H12ClN3O.ClH/c14-11-5-3-9(4-6-11)12-16-13(18-17-12)10-2-1-7-15-8-10;/h2-6,15H,1,7-8H2;1H. The van der Waals surface area contributed by atoms with Gasteiger partial charge in [0.15, 0.2) is 0 Å². The van der Waals surface area contributed by atoms with E-state index in [0.29, 0.717) is 16.7 Å². The molecule has 1 aromatic carbocycles. The molecule has 0 fully saturated rings. The number of nitrogens with zero attached hydrogens (tertiary/aromatic N) is 2. The summed E-state index contributed by atoms with van der Waals surface area (Å²) in [6.45, 7) is 1.78. The Bertz CT molecular complexity index is 578. The molecule has 0 atom stereocenters. The summed E-state index contributed by atoms with van der Waals surface area (Å²) >= 11 is 5.84. The summed E-state index contributed by atoms with van der Waals surface area (Å²) in [6, 6.07) is 7.39. The van der Waals surface area contributed by atoms with Crippen molar-refractivity contribution in [2.24, 2.45) is 0 Å². The summed E-state index contributed by atoms with van der Waals surface area (Å²) in [5.74, 6) is 1.18. The first-order valence-corrected chi connectivity index (χ1v) is 6.20. The molecule has 0 saturated carbocycles. The number of rotatable bonds is 2. The van der Waals surface area contributed by atoms with E-state index in [4.69, 9.17) is 16.1 Å². The lowest BCUT2D eigenvalue weighted by Crippen LogP contribution is -2.21. The fourth-order valence-electron chi connectivity index (χ4n) is 1.88. The number of benzene rings is 1. The van der Waals surface area contributed by atoms with E-state index < -0.39 is 0 Å². The van der Waals surface area contributed by atoms with Gasteiger partial charge in [-0.1, -0.05) is 22.8 Å². The molecule has 2 aromatic rings. The molecule has 0 aliphatic carbocycles. The minimum atomic E-state index is 0. The highest BCUT2D eigenvalue weighted by molar-refractivity contribution is 6.30. The molecule has 2 heterocycles. The molecule has 0 amide bonds. The van der Waals surface area contributed by atoms with Crippen LogP contribution in [-0.2, 0) is 0 Å². The molecule has 6 heteroatoms. The summed E-state index contributed by atoms with van der Waals surface area (Å²) in [4.78, 5) is 4.40.